The Labute approximate surface area is 252 Å². The van der Waals surface area contributed by atoms with Gasteiger partial charge in [0, 0.05) is 48.4 Å². The number of carbonyl (C=O) groups excluding carboxylic acids is 3. The standard InChI is InChI=1S/C35H36ClN3O3/c1-2-3-21-37-34(41)31(23-25-12-5-4-6-13-25)39(24-27-14-7-8-18-29(27)36)32(40)20-11-22-38-30-19-10-16-26-15-9-17-28(33(26)30)35(38)42/h4-10,12-19,31H,2-3,11,20-24H2,1H3,(H,37,41)/t31-/m0/s1. The van der Waals surface area contributed by atoms with Gasteiger partial charge in [-0.15, -0.1) is 0 Å². The van der Waals surface area contributed by atoms with Crippen molar-refractivity contribution in [3.8, 4) is 0 Å². The van der Waals surface area contributed by atoms with Crippen molar-refractivity contribution < 1.29 is 14.4 Å². The average molecular weight is 582 g/mol. The molecule has 1 atom stereocenters. The van der Waals surface area contributed by atoms with Gasteiger partial charge in [-0.25, -0.2) is 0 Å². The fraction of sp³-hybridized carbons (Fsp3) is 0.286. The van der Waals surface area contributed by atoms with Crippen LogP contribution in [0.15, 0.2) is 91.0 Å². The van der Waals surface area contributed by atoms with Gasteiger partial charge in [0.1, 0.15) is 6.04 Å². The quantitative estimate of drug-likeness (QED) is 0.177. The van der Waals surface area contributed by atoms with Gasteiger partial charge < -0.3 is 15.1 Å². The molecule has 3 amide bonds. The Hall–Kier alpha value is -4.16. The molecule has 0 unspecified atom stereocenters. The maximum absolute atomic E-state index is 14.0. The first kappa shape index (κ1) is 29.3. The molecular weight excluding hydrogens is 546 g/mol. The molecule has 4 aromatic carbocycles. The molecule has 7 heteroatoms. The predicted molar refractivity (Wildman–Crippen MR) is 169 cm³/mol. The van der Waals surface area contributed by atoms with Crippen LogP contribution in [-0.4, -0.2) is 41.8 Å². The van der Waals surface area contributed by atoms with Crippen molar-refractivity contribution in [3.05, 3.63) is 113 Å². The lowest BCUT2D eigenvalue weighted by Gasteiger charge is -2.32. The lowest BCUT2D eigenvalue weighted by Crippen LogP contribution is -2.50. The van der Waals surface area contributed by atoms with Gasteiger partial charge in [-0.05, 0) is 47.6 Å². The largest absolute Gasteiger partial charge is 0.354 e. The average Bonchev–Trinajstić information content (AvgIpc) is 3.28. The molecule has 1 N–H and O–H groups in total. The molecule has 0 saturated heterocycles. The summed E-state index contributed by atoms with van der Waals surface area (Å²) in [5, 5.41) is 5.59. The van der Waals surface area contributed by atoms with E-state index in [4.69, 9.17) is 11.6 Å². The van der Waals surface area contributed by atoms with Gasteiger partial charge in [0.05, 0.1) is 5.69 Å². The minimum atomic E-state index is -0.709. The second kappa shape index (κ2) is 13.7. The van der Waals surface area contributed by atoms with E-state index in [1.165, 1.54) is 0 Å². The Balaban J connectivity index is 1.37. The number of benzene rings is 4. The third-order valence-corrected chi connectivity index (χ3v) is 8.19. The Morgan fingerprint density at radius 2 is 1.64 bits per heavy atom. The minimum Gasteiger partial charge on any atom is -0.354 e. The van der Waals surface area contributed by atoms with E-state index in [2.05, 4.69) is 12.2 Å². The van der Waals surface area contributed by atoms with E-state index in [1.54, 1.807) is 15.9 Å². The van der Waals surface area contributed by atoms with Crippen molar-refractivity contribution >= 4 is 45.8 Å². The number of amides is 3. The molecule has 1 aliphatic heterocycles. The van der Waals surface area contributed by atoms with Crippen LogP contribution in [0.5, 0.6) is 0 Å². The van der Waals surface area contributed by atoms with Gasteiger partial charge >= 0.3 is 0 Å². The van der Waals surface area contributed by atoms with Crippen molar-refractivity contribution in [1.29, 1.82) is 0 Å². The molecule has 0 aromatic heterocycles. The predicted octanol–water partition coefficient (Wildman–Crippen LogP) is 6.79. The number of rotatable bonds is 13. The van der Waals surface area contributed by atoms with Crippen molar-refractivity contribution in [2.75, 3.05) is 18.0 Å². The normalized spacial score (nSPS) is 12.9. The van der Waals surface area contributed by atoms with E-state index in [1.807, 2.05) is 84.9 Å². The molecule has 0 spiro atoms. The molecule has 0 aliphatic carbocycles. The molecule has 4 aromatic rings. The van der Waals surface area contributed by atoms with E-state index in [-0.39, 0.29) is 30.7 Å². The summed E-state index contributed by atoms with van der Waals surface area (Å²) in [5.41, 5.74) is 3.33. The van der Waals surface area contributed by atoms with E-state index >= 15 is 0 Å². The molecular formula is C35H36ClN3O3. The lowest BCUT2D eigenvalue weighted by molar-refractivity contribution is -0.141. The Morgan fingerprint density at radius 3 is 2.40 bits per heavy atom. The Morgan fingerprint density at radius 1 is 0.905 bits per heavy atom. The first-order valence-corrected chi connectivity index (χ1v) is 15.0. The maximum atomic E-state index is 14.0. The Bertz CT molecular complexity index is 1570. The zero-order chi connectivity index (χ0) is 29.5. The van der Waals surface area contributed by atoms with E-state index < -0.39 is 6.04 Å². The van der Waals surface area contributed by atoms with E-state index in [0.717, 1.165) is 40.4 Å². The molecule has 42 heavy (non-hydrogen) atoms. The highest BCUT2D eigenvalue weighted by Crippen LogP contribution is 2.37. The summed E-state index contributed by atoms with van der Waals surface area (Å²) >= 11 is 6.53. The zero-order valence-corrected chi connectivity index (χ0v) is 24.6. The second-order valence-electron chi connectivity index (χ2n) is 10.7. The number of nitrogens with one attached hydrogen (secondary N) is 1. The summed E-state index contributed by atoms with van der Waals surface area (Å²) < 4.78 is 0. The zero-order valence-electron chi connectivity index (χ0n) is 23.9. The first-order valence-electron chi connectivity index (χ1n) is 14.7. The van der Waals surface area contributed by atoms with Crippen LogP contribution in [0.1, 0.15) is 54.1 Å². The number of hydrogen-bond acceptors (Lipinski definition) is 3. The first-order chi connectivity index (χ1) is 20.5. The summed E-state index contributed by atoms with van der Waals surface area (Å²) in [6.07, 6.45) is 2.86. The molecule has 0 bridgehead atoms. The van der Waals surface area contributed by atoms with Crippen molar-refractivity contribution in [2.45, 2.75) is 51.6 Å². The Kier molecular flexibility index (Phi) is 9.55. The minimum absolute atomic E-state index is 0.0422. The summed E-state index contributed by atoms with van der Waals surface area (Å²) in [5.74, 6) is -0.368. The van der Waals surface area contributed by atoms with Crippen molar-refractivity contribution in [3.63, 3.8) is 0 Å². The SMILES string of the molecule is CCCCNC(=O)[C@H](Cc1ccccc1)N(Cc1ccccc1Cl)C(=O)CCCN1C(=O)c2cccc3cccc1c23. The third kappa shape index (κ3) is 6.50. The summed E-state index contributed by atoms with van der Waals surface area (Å²) in [7, 11) is 0. The van der Waals surface area contributed by atoms with Crippen LogP contribution < -0.4 is 10.2 Å². The molecule has 6 nitrogen and oxygen atoms in total. The van der Waals surface area contributed by atoms with Crippen LogP contribution in [0.2, 0.25) is 5.02 Å². The highest BCUT2D eigenvalue weighted by atomic mass is 35.5. The molecule has 1 heterocycles. The van der Waals surface area contributed by atoms with Crippen LogP contribution in [0.3, 0.4) is 0 Å². The number of anilines is 1. The summed E-state index contributed by atoms with van der Waals surface area (Å²) in [4.78, 5) is 44.3. The van der Waals surface area contributed by atoms with E-state index in [0.29, 0.717) is 36.5 Å². The monoisotopic (exact) mass is 581 g/mol. The van der Waals surface area contributed by atoms with Gasteiger partial charge in [0.25, 0.3) is 5.91 Å². The topological polar surface area (TPSA) is 69.7 Å². The highest BCUT2D eigenvalue weighted by Gasteiger charge is 2.32. The molecule has 0 fully saturated rings. The summed E-state index contributed by atoms with van der Waals surface area (Å²) in [6.45, 7) is 3.25. The van der Waals surface area contributed by atoms with E-state index in [9.17, 15) is 14.4 Å². The maximum Gasteiger partial charge on any atom is 0.258 e. The number of carbonyl (C=O) groups is 3. The number of nitrogens with zero attached hydrogens (tertiary/aromatic N) is 2. The van der Waals surface area contributed by atoms with Gasteiger partial charge in [-0.2, -0.15) is 0 Å². The smallest absolute Gasteiger partial charge is 0.258 e. The fourth-order valence-corrected chi connectivity index (χ4v) is 5.80. The van der Waals surface area contributed by atoms with Crippen LogP contribution in [-0.2, 0) is 22.6 Å². The lowest BCUT2D eigenvalue weighted by atomic mass is 10.0. The summed E-state index contributed by atoms with van der Waals surface area (Å²) in [6, 6.07) is 28.1. The van der Waals surface area contributed by atoms with Crippen molar-refractivity contribution in [2.24, 2.45) is 0 Å². The van der Waals surface area contributed by atoms with Crippen LogP contribution in [0.25, 0.3) is 10.8 Å². The molecule has 0 radical (unpaired) electrons. The second-order valence-corrected chi connectivity index (χ2v) is 11.1. The van der Waals surface area contributed by atoms with Gasteiger partial charge in [-0.3, -0.25) is 14.4 Å². The van der Waals surface area contributed by atoms with Gasteiger partial charge in [0.15, 0.2) is 0 Å². The van der Waals surface area contributed by atoms with Gasteiger partial charge in [-0.1, -0.05) is 97.7 Å². The number of halogens is 1. The van der Waals surface area contributed by atoms with Gasteiger partial charge in [0.2, 0.25) is 11.8 Å². The number of hydrogen-bond donors (Lipinski definition) is 1. The highest BCUT2D eigenvalue weighted by molar-refractivity contribution is 6.31. The molecule has 1 aliphatic rings. The number of unbranched alkanes of at least 4 members (excludes halogenated alkanes) is 1. The molecule has 0 saturated carbocycles. The third-order valence-electron chi connectivity index (χ3n) is 7.82. The van der Waals surface area contributed by atoms with Crippen molar-refractivity contribution in [1.82, 2.24) is 10.2 Å². The molecule has 5 rings (SSSR count). The fourth-order valence-electron chi connectivity index (χ4n) is 5.60. The van der Waals surface area contributed by atoms with Crippen LogP contribution in [0, 0.1) is 0 Å². The molecule has 216 valence electrons. The van der Waals surface area contributed by atoms with Crippen LogP contribution >= 0.6 is 11.6 Å². The van der Waals surface area contributed by atoms with Crippen LogP contribution in [0.4, 0.5) is 5.69 Å².